The largest absolute Gasteiger partial charge is 0.387 e. The zero-order valence-corrected chi connectivity index (χ0v) is 13.0. The Hall–Kier alpha value is -1.13. The molecule has 3 nitrogen and oxygen atoms in total. The van der Waals surface area contributed by atoms with Gasteiger partial charge in [0, 0.05) is 22.4 Å². The van der Waals surface area contributed by atoms with E-state index in [0.717, 1.165) is 10.6 Å². The molecule has 0 saturated heterocycles. The Kier molecular flexibility index (Phi) is 3.94. The Bertz CT molecular complexity index is 562. The summed E-state index contributed by atoms with van der Waals surface area (Å²) in [7, 11) is 0. The van der Waals surface area contributed by atoms with Gasteiger partial charge in [0.15, 0.2) is 0 Å². The fourth-order valence-corrected chi connectivity index (χ4v) is 3.95. The van der Waals surface area contributed by atoms with Gasteiger partial charge in [-0.05, 0) is 44.4 Å². The monoisotopic (exact) mass is 290 g/mol. The topological polar surface area (TPSA) is 38.0 Å². The average Bonchev–Trinajstić information content (AvgIpc) is 3.11. The van der Waals surface area contributed by atoms with E-state index in [1.54, 1.807) is 11.3 Å². The van der Waals surface area contributed by atoms with Crippen LogP contribution in [-0.4, -0.2) is 14.9 Å². The summed E-state index contributed by atoms with van der Waals surface area (Å²) in [6.07, 6.45) is 7.37. The molecule has 1 N–H and O–H groups in total. The highest BCUT2D eigenvalue weighted by Gasteiger charge is 2.19. The molecule has 3 rings (SSSR count). The summed E-state index contributed by atoms with van der Waals surface area (Å²) in [6, 6.07) is 4.72. The highest BCUT2D eigenvalue weighted by molar-refractivity contribution is 7.12. The van der Waals surface area contributed by atoms with Crippen molar-refractivity contribution in [2.45, 2.75) is 58.1 Å². The molecule has 1 atom stereocenters. The summed E-state index contributed by atoms with van der Waals surface area (Å²) in [6.45, 7) is 4.20. The van der Waals surface area contributed by atoms with Gasteiger partial charge >= 0.3 is 0 Å². The lowest BCUT2D eigenvalue weighted by molar-refractivity contribution is 0.180. The Morgan fingerprint density at radius 3 is 2.80 bits per heavy atom. The van der Waals surface area contributed by atoms with Crippen LogP contribution in [0.4, 0.5) is 0 Å². The minimum Gasteiger partial charge on any atom is -0.387 e. The predicted molar refractivity (Wildman–Crippen MR) is 82.2 cm³/mol. The van der Waals surface area contributed by atoms with E-state index >= 15 is 0 Å². The molecule has 1 aliphatic carbocycles. The van der Waals surface area contributed by atoms with Crippen LogP contribution in [0, 0.1) is 13.8 Å². The van der Waals surface area contributed by atoms with Crippen LogP contribution in [0.25, 0.3) is 0 Å². The van der Waals surface area contributed by atoms with Crippen LogP contribution in [0.2, 0.25) is 0 Å². The van der Waals surface area contributed by atoms with E-state index < -0.39 is 6.10 Å². The fourth-order valence-electron chi connectivity index (χ4n) is 2.92. The van der Waals surface area contributed by atoms with Crippen molar-refractivity contribution in [1.29, 1.82) is 0 Å². The Morgan fingerprint density at radius 2 is 2.15 bits per heavy atom. The lowest BCUT2D eigenvalue weighted by Crippen LogP contribution is -2.07. The molecule has 2 heterocycles. The number of aliphatic hydroxyl groups is 1. The number of rotatable bonds is 4. The van der Waals surface area contributed by atoms with Crippen LogP contribution in [-0.2, 0) is 6.42 Å². The molecular weight excluding hydrogens is 268 g/mol. The predicted octanol–water partition coefficient (Wildman–Crippen LogP) is 3.95. The maximum atomic E-state index is 10.3. The third-order valence-corrected chi connectivity index (χ3v) is 5.53. The molecule has 0 radical (unpaired) electrons. The van der Waals surface area contributed by atoms with Crippen molar-refractivity contribution < 1.29 is 5.11 Å². The van der Waals surface area contributed by atoms with Gasteiger partial charge in [-0.15, -0.1) is 11.3 Å². The van der Waals surface area contributed by atoms with E-state index in [-0.39, 0.29) is 0 Å². The van der Waals surface area contributed by atoms with Gasteiger partial charge in [-0.1, -0.05) is 12.8 Å². The first-order valence-electron chi connectivity index (χ1n) is 7.42. The second-order valence-corrected chi connectivity index (χ2v) is 7.12. The van der Waals surface area contributed by atoms with Crippen molar-refractivity contribution >= 4 is 11.3 Å². The highest BCUT2D eigenvalue weighted by Crippen LogP contribution is 2.30. The van der Waals surface area contributed by atoms with Gasteiger partial charge in [0.25, 0.3) is 0 Å². The molecular formula is C16H22N2OS. The van der Waals surface area contributed by atoms with Crippen molar-refractivity contribution in [2.24, 2.45) is 0 Å². The van der Waals surface area contributed by atoms with Crippen LogP contribution in [0.1, 0.15) is 58.8 Å². The second-order valence-electron chi connectivity index (χ2n) is 5.83. The van der Waals surface area contributed by atoms with Gasteiger partial charge in [0.05, 0.1) is 17.8 Å². The molecule has 1 aliphatic rings. The van der Waals surface area contributed by atoms with Crippen molar-refractivity contribution in [3.05, 3.63) is 39.3 Å². The Morgan fingerprint density at radius 1 is 1.40 bits per heavy atom. The van der Waals surface area contributed by atoms with Gasteiger partial charge in [-0.2, -0.15) is 5.10 Å². The van der Waals surface area contributed by atoms with E-state index in [2.05, 4.69) is 42.0 Å². The van der Waals surface area contributed by atoms with Crippen LogP contribution in [0.5, 0.6) is 0 Å². The molecule has 0 spiro atoms. The molecule has 1 unspecified atom stereocenters. The van der Waals surface area contributed by atoms with Crippen molar-refractivity contribution in [3.63, 3.8) is 0 Å². The standard InChI is InChI=1S/C16H22N2OS/c1-11-9-16(20-12(11)2)15(19)10-13-7-8-18(17-13)14-5-3-4-6-14/h7-9,14-15,19H,3-6,10H2,1-2H3. The zero-order chi connectivity index (χ0) is 14.1. The summed E-state index contributed by atoms with van der Waals surface area (Å²) in [5.74, 6) is 0. The molecule has 2 aromatic heterocycles. The highest BCUT2D eigenvalue weighted by atomic mass is 32.1. The van der Waals surface area contributed by atoms with Gasteiger partial charge in [-0.3, -0.25) is 4.68 Å². The first-order chi connectivity index (χ1) is 9.63. The molecule has 0 bridgehead atoms. The number of aromatic nitrogens is 2. The molecule has 0 aliphatic heterocycles. The smallest absolute Gasteiger partial charge is 0.0938 e. The first kappa shape index (κ1) is 13.8. The van der Waals surface area contributed by atoms with E-state index in [4.69, 9.17) is 0 Å². The number of nitrogens with zero attached hydrogens (tertiary/aromatic N) is 2. The maximum absolute atomic E-state index is 10.3. The first-order valence-corrected chi connectivity index (χ1v) is 8.24. The second kappa shape index (κ2) is 5.70. The molecule has 4 heteroatoms. The van der Waals surface area contributed by atoms with Gasteiger partial charge in [0.2, 0.25) is 0 Å². The number of thiophene rings is 1. The number of hydrogen-bond acceptors (Lipinski definition) is 3. The Labute approximate surface area is 124 Å². The minimum absolute atomic E-state index is 0.431. The van der Waals surface area contributed by atoms with Crippen LogP contribution < -0.4 is 0 Å². The quantitative estimate of drug-likeness (QED) is 0.925. The summed E-state index contributed by atoms with van der Waals surface area (Å²) in [4.78, 5) is 2.34. The molecule has 2 aromatic rings. The molecule has 0 aromatic carbocycles. The van der Waals surface area contributed by atoms with Gasteiger partial charge < -0.3 is 5.11 Å². The molecule has 0 amide bonds. The summed E-state index contributed by atoms with van der Waals surface area (Å²) < 4.78 is 2.10. The number of hydrogen-bond donors (Lipinski definition) is 1. The van der Waals surface area contributed by atoms with E-state index in [1.165, 1.54) is 36.1 Å². The average molecular weight is 290 g/mol. The SMILES string of the molecule is Cc1cc(C(O)Cc2ccn(C3CCCC3)n2)sc1C. The molecule has 20 heavy (non-hydrogen) atoms. The summed E-state index contributed by atoms with van der Waals surface area (Å²) in [5, 5.41) is 15.0. The van der Waals surface area contributed by atoms with Crippen molar-refractivity contribution in [1.82, 2.24) is 9.78 Å². The van der Waals surface area contributed by atoms with Crippen LogP contribution >= 0.6 is 11.3 Å². The van der Waals surface area contributed by atoms with Gasteiger partial charge in [-0.25, -0.2) is 0 Å². The Balaban J connectivity index is 1.68. The van der Waals surface area contributed by atoms with Crippen molar-refractivity contribution in [3.8, 4) is 0 Å². The maximum Gasteiger partial charge on any atom is 0.0938 e. The zero-order valence-electron chi connectivity index (χ0n) is 12.2. The number of aryl methyl sites for hydroxylation is 2. The molecule has 108 valence electrons. The third-order valence-electron chi connectivity index (χ3n) is 4.28. The summed E-state index contributed by atoms with van der Waals surface area (Å²) >= 11 is 1.69. The van der Waals surface area contributed by atoms with Crippen LogP contribution in [0.15, 0.2) is 18.3 Å². The van der Waals surface area contributed by atoms with E-state index in [1.807, 2.05) is 0 Å². The minimum atomic E-state index is -0.431. The van der Waals surface area contributed by atoms with Gasteiger partial charge in [0.1, 0.15) is 0 Å². The van der Waals surface area contributed by atoms with E-state index in [0.29, 0.717) is 12.5 Å². The van der Waals surface area contributed by atoms with Crippen LogP contribution in [0.3, 0.4) is 0 Å². The fraction of sp³-hybridized carbons (Fsp3) is 0.562. The lowest BCUT2D eigenvalue weighted by Gasteiger charge is -2.09. The number of aliphatic hydroxyl groups excluding tert-OH is 1. The lowest BCUT2D eigenvalue weighted by atomic mass is 10.1. The normalized spacial score (nSPS) is 17.8. The molecule has 1 fully saturated rings. The summed E-state index contributed by atoms with van der Waals surface area (Å²) in [5.41, 5.74) is 2.26. The molecule has 1 saturated carbocycles. The van der Waals surface area contributed by atoms with Crippen molar-refractivity contribution in [2.75, 3.05) is 0 Å². The van der Waals surface area contributed by atoms with E-state index in [9.17, 15) is 5.11 Å². The third kappa shape index (κ3) is 2.81.